The van der Waals surface area contributed by atoms with Gasteiger partial charge in [0.05, 0.1) is 0 Å². The number of amides is 2. The van der Waals surface area contributed by atoms with Crippen molar-refractivity contribution in [1.29, 1.82) is 0 Å². The lowest BCUT2D eigenvalue weighted by Crippen LogP contribution is -2.24. The first-order valence-corrected chi connectivity index (χ1v) is 4.81. The van der Waals surface area contributed by atoms with E-state index in [1.807, 2.05) is 44.1 Å². The standard InChI is InChI=1S/C11H17N3O/c1-8-5-6-9(13-11(15)12-2)7-10(8)14(3)4/h5-7H,1-4H3,(H2,12,13,15). The number of benzene rings is 1. The molecule has 0 saturated heterocycles. The van der Waals surface area contributed by atoms with Gasteiger partial charge in [-0.2, -0.15) is 0 Å². The van der Waals surface area contributed by atoms with Crippen LogP contribution in [0.25, 0.3) is 0 Å². The van der Waals surface area contributed by atoms with Crippen molar-refractivity contribution in [2.24, 2.45) is 0 Å². The number of carbonyl (C=O) groups is 1. The Morgan fingerprint density at radius 3 is 2.53 bits per heavy atom. The van der Waals surface area contributed by atoms with Crippen LogP contribution in [0.4, 0.5) is 16.2 Å². The molecule has 1 aromatic rings. The second kappa shape index (κ2) is 4.68. The van der Waals surface area contributed by atoms with Gasteiger partial charge in [-0.25, -0.2) is 4.79 Å². The first-order valence-electron chi connectivity index (χ1n) is 4.81. The minimum absolute atomic E-state index is 0.205. The number of nitrogens with one attached hydrogen (secondary N) is 2. The van der Waals surface area contributed by atoms with E-state index in [0.717, 1.165) is 11.4 Å². The Kier molecular flexibility index (Phi) is 3.55. The number of carbonyl (C=O) groups excluding carboxylic acids is 1. The Morgan fingerprint density at radius 2 is 2.00 bits per heavy atom. The molecule has 0 aliphatic carbocycles. The fourth-order valence-electron chi connectivity index (χ4n) is 1.36. The summed E-state index contributed by atoms with van der Waals surface area (Å²) >= 11 is 0. The van der Waals surface area contributed by atoms with Crippen molar-refractivity contribution in [1.82, 2.24) is 5.32 Å². The van der Waals surface area contributed by atoms with E-state index in [4.69, 9.17) is 0 Å². The zero-order chi connectivity index (χ0) is 11.4. The van der Waals surface area contributed by atoms with Crippen molar-refractivity contribution in [3.8, 4) is 0 Å². The molecule has 0 saturated carbocycles. The smallest absolute Gasteiger partial charge is 0.318 e. The molecule has 0 bridgehead atoms. The van der Waals surface area contributed by atoms with Crippen molar-refractivity contribution in [2.45, 2.75) is 6.92 Å². The molecular formula is C11H17N3O. The highest BCUT2D eigenvalue weighted by Crippen LogP contribution is 2.22. The topological polar surface area (TPSA) is 44.4 Å². The van der Waals surface area contributed by atoms with Crippen LogP contribution in [0.2, 0.25) is 0 Å². The summed E-state index contributed by atoms with van der Waals surface area (Å²) in [6.45, 7) is 2.04. The van der Waals surface area contributed by atoms with E-state index in [2.05, 4.69) is 10.6 Å². The molecule has 0 atom stereocenters. The largest absolute Gasteiger partial charge is 0.377 e. The predicted octanol–water partition coefficient (Wildman–Crippen LogP) is 1.81. The summed E-state index contributed by atoms with van der Waals surface area (Å²) in [5.74, 6) is 0. The third-order valence-corrected chi connectivity index (χ3v) is 2.18. The molecule has 15 heavy (non-hydrogen) atoms. The quantitative estimate of drug-likeness (QED) is 0.776. The fourth-order valence-corrected chi connectivity index (χ4v) is 1.36. The van der Waals surface area contributed by atoms with E-state index in [0.29, 0.717) is 0 Å². The number of urea groups is 1. The summed E-state index contributed by atoms with van der Waals surface area (Å²) in [7, 11) is 5.55. The number of nitrogens with zero attached hydrogens (tertiary/aromatic N) is 1. The van der Waals surface area contributed by atoms with Crippen LogP contribution in [-0.2, 0) is 0 Å². The second-order valence-corrected chi connectivity index (χ2v) is 3.60. The SMILES string of the molecule is CNC(=O)Nc1ccc(C)c(N(C)C)c1. The maximum absolute atomic E-state index is 11.1. The lowest BCUT2D eigenvalue weighted by Gasteiger charge is -2.17. The minimum Gasteiger partial charge on any atom is -0.377 e. The molecule has 82 valence electrons. The van der Waals surface area contributed by atoms with Crippen molar-refractivity contribution in [2.75, 3.05) is 31.4 Å². The predicted molar refractivity (Wildman–Crippen MR) is 63.6 cm³/mol. The van der Waals surface area contributed by atoms with Crippen LogP contribution < -0.4 is 15.5 Å². The molecule has 0 aliphatic rings. The van der Waals surface area contributed by atoms with Crippen LogP contribution in [0.5, 0.6) is 0 Å². The zero-order valence-corrected chi connectivity index (χ0v) is 9.59. The van der Waals surface area contributed by atoms with Gasteiger partial charge < -0.3 is 15.5 Å². The molecule has 2 N–H and O–H groups in total. The van der Waals surface area contributed by atoms with Gasteiger partial charge in [0.2, 0.25) is 0 Å². The molecule has 0 aromatic heterocycles. The summed E-state index contributed by atoms with van der Waals surface area (Å²) in [5.41, 5.74) is 3.08. The molecule has 0 heterocycles. The molecule has 4 heteroatoms. The molecule has 0 spiro atoms. The van der Waals surface area contributed by atoms with Crippen molar-refractivity contribution in [3.63, 3.8) is 0 Å². The molecule has 2 amide bonds. The van der Waals surface area contributed by atoms with Crippen LogP contribution >= 0.6 is 0 Å². The van der Waals surface area contributed by atoms with Gasteiger partial charge in [0.25, 0.3) is 0 Å². The van der Waals surface area contributed by atoms with Gasteiger partial charge in [-0.05, 0) is 24.6 Å². The van der Waals surface area contributed by atoms with Crippen LogP contribution in [0.1, 0.15) is 5.56 Å². The molecule has 0 aliphatic heterocycles. The third-order valence-electron chi connectivity index (χ3n) is 2.18. The van der Waals surface area contributed by atoms with Gasteiger partial charge in [0.15, 0.2) is 0 Å². The number of hydrogen-bond donors (Lipinski definition) is 2. The second-order valence-electron chi connectivity index (χ2n) is 3.60. The molecule has 0 fully saturated rings. The van der Waals surface area contributed by atoms with E-state index in [1.165, 1.54) is 5.56 Å². The van der Waals surface area contributed by atoms with Crippen LogP contribution in [0.15, 0.2) is 18.2 Å². The summed E-state index contributed by atoms with van der Waals surface area (Å²) < 4.78 is 0. The summed E-state index contributed by atoms with van der Waals surface area (Å²) in [5, 5.41) is 5.25. The van der Waals surface area contributed by atoms with E-state index < -0.39 is 0 Å². The highest BCUT2D eigenvalue weighted by molar-refractivity contribution is 5.89. The zero-order valence-electron chi connectivity index (χ0n) is 9.59. The van der Waals surface area contributed by atoms with E-state index in [9.17, 15) is 4.79 Å². The lowest BCUT2D eigenvalue weighted by molar-refractivity contribution is 0.254. The van der Waals surface area contributed by atoms with Crippen LogP contribution in [0.3, 0.4) is 0 Å². The monoisotopic (exact) mass is 207 g/mol. The fraction of sp³-hybridized carbons (Fsp3) is 0.364. The van der Waals surface area contributed by atoms with Gasteiger partial charge >= 0.3 is 6.03 Å². The van der Waals surface area contributed by atoms with Crippen LogP contribution in [-0.4, -0.2) is 27.2 Å². The average Bonchev–Trinajstić information content (AvgIpc) is 2.20. The lowest BCUT2D eigenvalue weighted by atomic mass is 10.1. The number of aryl methyl sites for hydroxylation is 1. The normalized spacial score (nSPS) is 9.60. The maximum Gasteiger partial charge on any atom is 0.318 e. The Balaban J connectivity index is 2.92. The minimum atomic E-state index is -0.205. The Hall–Kier alpha value is -1.71. The van der Waals surface area contributed by atoms with Crippen molar-refractivity contribution < 1.29 is 4.79 Å². The molecule has 0 unspecified atom stereocenters. The average molecular weight is 207 g/mol. The van der Waals surface area contributed by atoms with Gasteiger partial charge in [0.1, 0.15) is 0 Å². The third kappa shape index (κ3) is 2.87. The summed E-state index contributed by atoms with van der Waals surface area (Å²) in [6.07, 6.45) is 0. The molecular weight excluding hydrogens is 190 g/mol. The highest BCUT2D eigenvalue weighted by Gasteiger charge is 2.04. The Morgan fingerprint density at radius 1 is 1.33 bits per heavy atom. The summed E-state index contributed by atoms with van der Waals surface area (Å²) in [6, 6.07) is 5.62. The van der Waals surface area contributed by atoms with Gasteiger partial charge in [-0.1, -0.05) is 6.07 Å². The van der Waals surface area contributed by atoms with Crippen molar-refractivity contribution >= 4 is 17.4 Å². The van der Waals surface area contributed by atoms with Crippen LogP contribution in [0, 0.1) is 6.92 Å². The molecule has 1 rings (SSSR count). The van der Waals surface area contributed by atoms with Crippen molar-refractivity contribution in [3.05, 3.63) is 23.8 Å². The Bertz CT molecular complexity index is 361. The molecule has 1 aromatic carbocycles. The van der Waals surface area contributed by atoms with E-state index in [-0.39, 0.29) is 6.03 Å². The number of rotatable bonds is 2. The van der Waals surface area contributed by atoms with Gasteiger partial charge in [-0.3, -0.25) is 0 Å². The summed E-state index contributed by atoms with van der Waals surface area (Å²) in [4.78, 5) is 13.1. The van der Waals surface area contributed by atoms with Gasteiger partial charge in [0, 0.05) is 32.5 Å². The highest BCUT2D eigenvalue weighted by atomic mass is 16.2. The maximum atomic E-state index is 11.1. The first kappa shape index (κ1) is 11.4. The number of hydrogen-bond acceptors (Lipinski definition) is 2. The van der Waals surface area contributed by atoms with E-state index >= 15 is 0 Å². The molecule has 4 nitrogen and oxygen atoms in total. The van der Waals surface area contributed by atoms with E-state index in [1.54, 1.807) is 7.05 Å². The first-order chi connectivity index (χ1) is 7.04. The Labute approximate surface area is 90.3 Å². The number of anilines is 2. The molecule has 0 radical (unpaired) electrons. The van der Waals surface area contributed by atoms with Gasteiger partial charge in [-0.15, -0.1) is 0 Å².